The molecule has 0 spiro atoms. The standard InChI is InChI=1S/C12H12ClNO2/c1-7(4-12(15)16)10-6-14-11-3-2-8(13)5-9(10)11/h2-3,5-7,14H,4H2,1H3,(H,15,16). The summed E-state index contributed by atoms with van der Waals surface area (Å²) in [5, 5.41) is 10.4. The molecule has 1 aromatic heterocycles. The Labute approximate surface area is 98.0 Å². The Kier molecular flexibility index (Phi) is 2.88. The molecule has 0 bridgehead atoms. The van der Waals surface area contributed by atoms with Crippen molar-refractivity contribution >= 4 is 28.5 Å². The van der Waals surface area contributed by atoms with Crippen molar-refractivity contribution in [1.82, 2.24) is 4.98 Å². The molecule has 0 aliphatic carbocycles. The summed E-state index contributed by atoms with van der Waals surface area (Å²) >= 11 is 5.93. The number of benzene rings is 1. The minimum atomic E-state index is -0.788. The van der Waals surface area contributed by atoms with Gasteiger partial charge in [-0.05, 0) is 29.7 Å². The molecule has 1 heterocycles. The average molecular weight is 238 g/mol. The molecule has 0 aliphatic rings. The first-order chi connectivity index (χ1) is 7.58. The number of carboxylic acid groups (broad SMARTS) is 1. The van der Waals surface area contributed by atoms with Gasteiger partial charge in [-0.15, -0.1) is 0 Å². The topological polar surface area (TPSA) is 53.1 Å². The number of rotatable bonds is 3. The molecule has 0 radical (unpaired) electrons. The molecule has 2 aromatic rings. The van der Waals surface area contributed by atoms with Gasteiger partial charge in [-0.1, -0.05) is 18.5 Å². The second-order valence-corrected chi connectivity index (χ2v) is 4.37. The molecule has 2 rings (SSSR count). The number of hydrogen-bond acceptors (Lipinski definition) is 1. The number of aromatic amines is 1. The number of aromatic nitrogens is 1. The highest BCUT2D eigenvalue weighted by Gasteiger charge is 2.14. The molecule has 4 heteroatoms. The Morgan fingerprint density at radius 3 is 3.00 bits per heavy atom. The summed E-state index contributed by atoms with van der Waals surface area (Å²) in [6, 6.07) is 5.57. The van der Waals surface area contributed by atoms with Crippen molar-refractivity contribution in [2.24, 2.45) is 0 Å². The van der Waals surface area contributed by atoms with E-state index in [1.807, 2.05) is 31.3 Å². The lowest BCUT2D eigenvalue weighted by atomic mass is 9.97. The minimum Gasteiger partial charge on any atom is -0.481 e. The van der Waals surface area contributed by atoms with Gasteiger partial charge in [0.1, 0.15) is 0 Å². The van der Waals surface area contributed by atoms with E-state index in [-0.39, 0.29) is 12.3 Å². The molecule has 0 aliphatic heterocycles. The average Bonchev–Trinajstić information content (AvgIpc) is 2.59. The molecule has 0 amide bonds. The number of nitrogens with one attached hydrogen (secondary N) is 1. The van der Waals surface area contributed by atoms with E-state index in [1.165, 1.54) is 0 Å². The largest absolute Gasteiger partial charge is 0.481 e. The van der Waals surface area contributed by atoms with Gasteiger partial charge in [-0.25, -0.2) is 0 Å². The van der Waals surface area contributed by atoms with Gasteiger partial charge in [0.05, 0.1) is 6.42 Å². The van der Waals surface area contributed by atoms with Crippen LogP contribution < -0.4 is 0 Å². The van der Waals surface area contributed by atoms with Crippen LogP contribution in [0, 0.1) is 0 Å². The third-order valence-corrected chi connectivity index (χ3v) is 2.92. The zero-order valence-corrected chi connectivity index (χ0v) is 9.58. The van der Waals surface area contributed by atoms with Gasteiger partial charge in [0.15, 0.2) is 0 Å². The van der Waals surface area contributed by atoms with E-state index in [4.69, 9.17) is 16.7 Å². The maximum absolute atomic E-state index is 10.7. The van der Waals surface area contributed by atoms with Crippen molar-refractivity contribution in [2.45, 2.75) is 19.3 Å². The highest BCUT2D eigenvalue weighted by atomic mass is 35.5. The molecule has 16 heavy (non-hydrogen) atoms. The first-order valence-corrected chi connectivity index (χ1v) is 5.44. The lowest BCUT2D eigenvalue weighted by molar-refractivity contribution is -0.137. The van der Waals surface area contributed by atoms with Crippen LogP contribution in [-0.2, 0) is 4.79 Å². The lowest BCUT2D eigenvalue weighted by Crippen LogP contribution is -2.02. The van der Waals surface area contributed by atoms with Crippen LogP contribution in [-0.4, -0.2) is 16.1 Å². The molecule has 1 atom stereocenters. The van der Waals surface area contributed by atoms with Gasteiger partial charge in [0.25, 0.3) is 0 Å². The van der Waals surface area contributed by atoms with Crippen LogP contribution in [0.5, 0.6) is 0 Å². The molecule has 3 nitrogen and oxygen atoms in total. The number of H-pyrrole nitrogens is 1. The summed E-state index contributed by atoms with van der Waals surface area (Å²) < 4.78 is 0. The fourth-order valence-corrected chi connectivity index (χ4v) is 2.07. The zero-order valence-electron chi connectivity index (χ0n) is 8.83. The summed E-state index contributed by atoms with van der Waals surface area (Å²) in [5.74, 6) is -0.811. The summed E-state index contributed by atoms with van der Waals surface area (Å²) in [4.78, 5) is 13.8. The highest BCUT2D eigenvalue weighted by Crippen LogP contribution is 2.29. The first kappa shape index (κ1) is 11.0. The number of carboxylic acids is 1. The van der Waals surface area contributed by atoms with Crippen molar-refractivity contribution in [1.29, 1.82) is 0 Å². The molecule has 1 aromatic carbocycles. The van der Waals surface area contributed by atoms with Gasteiger partial charge >= 0.3 is 5.97 Å². The Hall–Kier alpha value is -1.48. The fraction of sp³-hybridized carbons (Fsp3) is 0.250. The van der Waals surface area contributed by atoms with Crippen molar-refractivity contribution < 1.29 is 9.90 Å². The Bertz CT molecular complexity index is 533. The molecular weight excluding hydrogens is 226 g/mol. The Morgan fingerprint density at radius 1 is 1.56 bits per heavy atom. The van der Waals surface area contributed by atoms with E-state index in [9.17, 15) is 4.79 Å². The van der Waals surface area contributed by atoms with Gasteiger partial charge in [0, 0.05) is 22.1 Å². The van der Waals surface area contributed by atoms with E-state index < -0.39 is 5.97 Å². The van der Waals surface area contributed by atoms with Crippen LogP contribution in [0.3, 0.4) is 0 Å². The fourth-order valence-electron chi connectivity index (χ4n) is 1.89. The summed E-state index contributed by atoms with van der Waals surface area (Å²) in [6.45, 7) is 1.90. The third kappa shape index (κ3) is 2.04. The van der Waals surface area contributed by atoms with Gasteiger partial charge in [-0.2, -0.15) is 0 Å². The summed E-state index contributed by atoms with van der Waals surface area (Å²) in [6.07, 6.45) is 1.98. The van der Waals surface area contributed by atoms with Gasteiger partial charge < -0.3 is 10.1 Å². The molecular formula is C12H12ClNO2. The van der Waals surface area contributed by atoms with E-state index in [0.717, 1.165) is 16.5 Å². The molecule has 0 fully saturated rings. The van der Waals surface area contributed by atoms with Crippen molar-refractivity contribution in [3.63, 3.8) is 0 Å². The third-order valence-electron chi connectivity index (χ3n) is 2.69. The second-order valence-electron chi connectivity index (χ2n) is 3.93. The first-order valence-electron chi connectivity index (χ1n) is 5.06. The Balaban J connectivity index is 2.44. The van der Waals surface area contributed by atoms with E-state index in [0.29, 0.717) is 5.02 Å². The molecule has 2 N–H and O–H groups in total. The zero-order chi connectivity index (χ0) is 11.7. The van der Waals surface area contributed by atoms with Crippen molar-refractivity contribution in [3.05, 3.63) is 35.0 Å². The molecule has 0 saturated carbocycles. The van der Waals surface area contributed by atoms with Crippen LogP contribution in [0.2, 0.25) is 5.02 Å². The van der Waals surface area contributed by atoms with E-state index >= 15 is 0 Å². The number of aliphatic carboxylic acids is 1. The van der Waals surface area contributed by atoms with Crippen LogP contribution >= 0.6 is 11.6 Å². The van der Waals surface area contributed by atoms with Gasteiger partial charge in [-0.3, -0.25) is 4.79 Å². The summed E-state index contributed by atoms with van der Waals surface area (Å²) in [5.41, 5.74) is 1.98. The predicted molar refractivity (Wildman–Crippen MR) is 64.0 cm³/mol. The SMILES string of the molecule is CC(CC(=O)O)c1c[nH]c2ccc(Cl)cc12. The molecule has 84 valence electrons. The Morgan fingerprint density at radius 2 is 2.31 bits per heavy atom. The minimum absolute atomic E-state index is 0.0234. The van der Waals surface area contributed by atoms with Crippen molar-refractivity contribution in [3.8, 4) is 0 Å². The van der Waals surface area contributed by atoms with Crippen LogP contribution in [0.4, 0.5) is 0 Å². The maximum Gasteiger partial charge on any atom is 0.303 e. The van der Waals surface area contributed by atoms with Crippen LogP contribution in [0.15, 0.2) is 24.4 Å². The monoisotopic (exact) mass is 237 g/mol. The van der Waals surface area contributed by atoms with Crippen molar-refractivity contribution in [2.75, 3.05) is 0 Å². The number of fused-ring (bicyclic) bond motifs is 1. The molecule has 0 saturated heterocycles. The lowest BCUT2D eigenvalue weighted by Gasteiger charge is -2.07. The summed E-state index contributed by atoms with van der Waals surface area (Å²) in [7, 11) is 0. The predicted octanol–water partition coefficient (Wildman–Crippen LogP) is 3.40. The number of hydrogen-bond donors (Lipinski definition) is 2. The number of carbonyl (C=O) groups is 1. The van der Waals surface area contributed by atoms with Gasteiger partial charge in [0.2, 0.25) is 0 Å². The maximum atomic E-state index is 10.7. The highest BCUT2D eigenvalue weighted by molar-refractivity contribution is 6.31. The van der Waals surface area contributed by atoms with Crippen LogP contribution in [0.25, 0.3) is 10.9 Å². The quantitative estimate of drug-likeness (QED) is 0.860. The second kappa shape index (κ2) is 4.18. The van der Waals surface area contributed by atoms with E-state index in [2.05, 4.69) is 4.98 Å². The van der Waals surface area contributed by atoms with Crippen LogP contribution in [0.1, 0.15) is 24.8 Å². The van der Waals surface area contributed by atoms with E-state index in [1.54, 1.807) is 0 Å². The normalized spacial score (nSPS) is 12.9. The smallest absolute Gasteiger partial charge is 0.303 e. The number of halogens is 1. The molecule has 1 unspecified atom stereocenters.